The lowest BCUT2D eigenvalue weighted by Crippen LogP contribution is -2.40. The van der Waals surface area contributed by atoms with Gasteiger partial charge in [-0.15, -0.1) is 0 Å². The average Bonchev–Trinajstić information content (AvgIpc) is 2.56. The van der Waals surface area contributed by atoms with Crippen molar-refractivity contribution >= 4 is 10.8 Å². The van der Waals surface area contributed by atoms with Crippen molar-refractivity contribution in [1.29, 1.82) is 0 Å². The monoisotopic (exact) mass is 298 g/mol. The van der Waals surface area contributed by atoms with Crippen LogP contribution in [0.15, 0.2) is 36.4 Å². The van der Waals surface area contributed by atoms with Gasteiger partial charge in [0.15, 0.2) is 0 Å². The van der Waals surface area contributed by atoms with E-state index in [1.165, 1.54) is 29.2 Å². The van der Waals surface area contributed by atoms with Crippen LogP contribution in [0.25, 0.3) is 10.8 Å². The van der Waals surface area contributed by atoms with Crippen LogP contribution in [0.5, 0.6) is 5.75 Å². The first-order valence-electron chi connectivity index (χ1n) is 8.24. The van der Waals surface area contributed by atoms with Crippen LogP contribution in [0.2, 0.25) is 0 Å². The smallest absolute Gasteiger partial charge is 0.124 e. The predicted molar refractivity (Wildman–Crippen MR) is 92.3 cm³/mol. The van der Waals surface area contributed by atoms with Crippen LogP contribution >= 0.6 is 0 Å². The number of benzene rings is 2. The average molecular weight is 298 g/mol. The van der Waals surface area contributed by atoms with Crippen LogP contribution in [0.3, 0.4) is 0 Å². The number of nitrogens with two attached hydrogens (primary N) is 1. The summed E-state index contributed by atoms with van der Waals surface area (Å²) in [5.41, 5.74) is 7.45. The summed E-state index contributed by atoms with van der Waals surface area (Å²) in [4.78, 5) is 2.54. The highest BCUT2D eigenvalue weighted by atomic mass is 16.5. The largest absolute Gasteiger partial charge is 0.496 e. The van der Waals surface area contributed by atoms with Crippen molar-refractivity contribution in [2.75, 3.05) is 26.7 Å². The van der Waals surface area contributed by atoms with E-state index in [4.69, 9.17) is 10.5 Å². The Morgan fingerprint density at radius 2 is 2.09 bits per heavy atom. The molecule has 0 spiro atoms. The second-order valence-electron chi connectivity index (χ2n) is 6.40. The fraction of sp³-hybridized carbons (Fsp3) is 0.474. The van der Waals surface area contributed by atoms with Crippen molar-refractivity contribution in [3.8, 4) is 5.75 Å². The van der Waals surface area contributed by atoms with Gasteiger partial charge in [-0.25, -0.2) is 0 Å². The van der Waals surface area contributed by atoms with E-state index in [9.17, 15) is 0 Å². The Kier molecular flexibility index (Phi) is 4.65. The molecule has 2 N–H and O–H groups in total. The summed E-state index contributed by atoms with van der Waals surface area (Å²) in [6.45, 7) is 5.20. The molecule has 0 aromatic heterocycles. The number of hydrogen-bond acceptors (Lipinski definition) is 3. The summed E-state index contributed by atoms with van der Waals surface area (Å²) in [6.07, 6.45) is 2.57. The molecular formula is C19H26N2O. The molecule has 3 nitrogen and oxygen atoms in total. The second-order valence-corrected chi connectivity index (χ2v) is 6.40. The number of hydrogen-bond donors (Lipinski definition) is 1. The first-order valence-corrected chi connectivity index (χ1v) is 8.24. The zero-order valence-electron chi connectivity index (χ0n) is 13.6. The van der Waals surface area contributed by atoms with Gasteiger partial charge >= 0.3 is 0 Å². The lowest BCUT2D eigenvalue weighted by molar-refractivity contribution is 0.132. The van der Waals surface area contributed by atoms with Gasteiger partial charge in [0.1, 0.15) is 5.75 Å². The van der Waals surface area contributed by atoms with Crippen molar-refractivity contribution in [3.63, 3.8) is 0 Å². The van der Waals surface area contributed by atoms with Gasteiger partial charge in [-0.05, 0) is 42.1 Å². The Morgan fingerprint density at radius 1 is 1.27 bits per heavy atom. The third-order valence-corrected chi connectivity index (χ3v) is 4.84. The number of methoxy groups -OCH3 is 1. The Balaban J connectivity index is 2.08. The van der Waals surface area contributed by atoms with E-state index in [0.717, 1.165) is 24.8 Å². The van der Waals surface area contributed by atoms with Gasteiger partial charge in [0.25, 0.3) is 0 Å². The lowest BCUT2D eigenvalue weighted by atomic mass is 9.92. The molecule has 1 saturated heterocycles. The molecular weight excluding hydrogens is 272 g/mol. The Morgan fingerprint density at radius 3 is 2.82 bits per heavy atom. The van der Waals surface area contributed by atoms with Crippen LogP contribution in [0.1, 0.15) is 31.4 Å². The molecule has 1 aliphatic rings. The predicted octanol–water partition coefficient (Wildman–Crippen LogP) is 3.58. The van der Waals surface area contributed by atoms with Crippen LogP contribution in [0.4, 0.5) is 0 Å². The minimum absolute atomic E-state index is 0.226. The number of likely N-dealkylation sites (tertiary alicyclic amines) is 1. The summed E-state index contributed by atoms with van der Waals surface area (Å²) < 4.78 is 5.67. The zero-order valence-corrected chi connectivity index (χ0v) is 13.6. The molecule has 2 atom stereocenters. The number of fused-ring (bicyclic) bond motifs is 1. The van der Waals surface area contributed by atoms with E-state index in [0.29, 0.717) is 6.54 Å². The van der Waals surface area contributed by atoms with E-state index >= 15 is 0 Å². The van der Waals surface area contributed by atoms with Crippen molar-refractivity contribution in [3.05, 3.63) is 42.0 Å². The van der Waals surface area contributed by atoms with Gasteiger partial charge in [-0.2, -0.15) is 0 Å². The van der Waals surface area contributed by atoms with Gasteiger partial charge in [-0.3, -0.25) is 4.90 Å². The van der Waals surface area contributed by atoms with E-state index < -0.39 is 0 Å². The molecule has 1 fully saturated rings. The molecule has 118 valence electrons. The summed E-state index contributed by atoms with van der Waals surface area (Å²) in [5.74, 6) is 1.69. The maximum atomic E-state index is 6.20. The van der Waals surface area contributed by atoms with Gasteiger partial charge in [-0.1, -0.05) is 37.3 Å². The first kappa shape index (κ1) is 15.3. The zero-order chi connectivity index (χ0) is 15.5. The lowest BCUT2D eigenvalue weighted by Gasteiger charge is -2.38. The fourth-order valence-electron chi connectivity index (χ4n) is 3.76. The minimum Gasteiger partial charge on any atom is -0.496 e. The van der Waals surface area contributed by atoms with Crippen molar-refractivity contribution in [2.24, 2.45) is 11.7 Å². The molecule has 0 bridgehead atoms. The maximum absolute atomic E-state index is 6.20. The Hall–Kier alpha value is -1.58. The van der Waals surface area contributed by atoms with Crippen molar-refractivity contribution in [1.82, 2.24) is 4.90 Å². The van der Waals surface area contributed by atoms with E-state index in [1.807, 2.05) is 0 Å². The first-order chi connectivity index (χ1) is 10.7. The summed E-state index contributed by atoms with van der Waals surface area (Å²) in [5, 5.41) is 2.51. The quantitative estimate of drug-likeness (QED) is 0.937. The molecule has 0 aliphatic carbocycles. The van der Waals surface area contributed by atoms with Crippen LogP contribution < -0.4 is 10.5 Å². The molecule has 0 unspecified atom stereocenters. The van der Waals surface area contributed by atoms with Gasteiger partial charge in [0, 0.05) is 18.7 Å². The number of nitrogens with zero attached hydrogens (tertiary/aromatic N) is 1. The number of rotatable bonds is 4. The van der Waals surface area contributed by atoms with E-state index in [-0.39, 0.29) is 6.04 Å². The Bertz CT molecular complexity index is 640. The Labute approximate surface area is 133 Å². The molecule has 2 aromatic rings. The third-order valence-electron chi connectivity index (χ3n) is 4.84. The normalized spacial score (nSPS) is 21.0. The topological polar surface area (TPSA) is 38.5 Å². The van der Waals surface area contributed by atoms with Crippen LogP contribution in [-0.2, 0) is 0 Å². The number of ether oxygens (including phenoxy) is 1. The SMILES string of the molecule is COc1ccc2ccccc2c1[C@@H](CN)N1CCC[C@@H](C)C1. The third kappa shape index (κ3) is 2.83. The molecule has 0 radical (unpaired) electrons. The van der Waals surface area contributed by atoms with Crippen molar-refractivity contribution in [2.45, 2.75) is 25.8 Å². The van der Waals surface area contributed by atoms with E-state index in [1.54, 1.807) is 7.11 Å². The van der Waals surface area contributed by atoms with Crippen molar-refractivity contribution < 1.29 is 4.74 Å². The molecule has 22 heavy (non-hydrogen) atoms. The molecule has 1 heterocycles. The van der Waals surface area contributed by atoms with Gasteiger partial charge < -0.3 is 10.5 Å². The van der Waals surface area contributed by atoms with E-state index in [2.05, 4.69) is 48.2 Å². The highest BCUT2D eigenvalue weighted by molar-refractivity contribution is 5.88. The summed E-state index contributed by atoms with van der Waals surface area (Å²) in [7, 11) is 1.75. The molecule has 3 rings (SSSR count). The molecule has 0 saturated carbocycles. The standard InChI is InChI=1S/C19H26N2O/c1-14-6-5-11-21(13-14)17(12-20)19-16-8-4-3-7-15(16)9-10-18(19)22-2/h3-4,7-10,14,17H,5-6,11-13,20H2,1-2H3/t14-,17-/m1/s1. The van der Waals surface area contributed by atoms with Gasteiger partial charge in [0.05, 0.1) is 13.2 Å². The van der Waals surface area contributed by atoms with Gasteiger partial charge in [0.2, 0.25) is 0 Å². The fourth-order valence-corrected chi connectivity index (χ4v) is 3.76. The molecule has 0 amide bonds. The molecule has 3 heteroatoms. The van der Waals surface area contributed by atoms with Crippen LogP contribution in [-0.4, -0.2) is 31.6 Å². The maximum Gasteiger partial charge on any atom is 0.124 e. The summed E-state index contributed by atoms with van der Waals surface area (Å²) >= 11 is 0. The van der Waals surface area contributed by atoms with Crippen LogP contribution in [0, 0.1) is 5.92 Å². The molecule has 2 aromatic carbocycles. The minimum atomic E-state index is 0.226. The second kappa shape index (κ2) is 6.67. The molecule has 1 aliphatic heterocycles. The summed E-state index contributed by atoms with van der Waals surface area (Å²) in [6, 6.07) is 13.0. The highest BCUT2D eigenvalue weighted by Crippen LogP contribution is 2.37. The number of piperidine rings is 1. The highest BCUT2D eigenvalue weighted by Gasteiger charge is 2.27.